The van der Waals surface area contributed by atoms with E-state index in [0.717, 1.165) is 16.7 Å². The van der Waals surface area contributed by atoms with E-state index in [4.69, 9.17) is 18.9 Å². The van der Waals surface area contributed by atoms with Gasteiger partial charge >= 0.3 is 0 Å². The summed E-state index contributed by atoms with van der Waals surface area (Å²) in [4.78, 5) is 27.5. The van der Waals surface area contributed by atoms with E-state index in [1.165, 1.54) is 6.92 Å². The van der Waals surface area contributed by atoms with Gasteiger partial charge in [-0.15, -0.1) is 0 Å². The van der Waals surface area contributed by atoms with Crippen LogP contribution in [0.1, 0.15) is 30.0 Å². The molecule has 0 bridgehead atoms. The maximum atomic E-state index is 13.0. The number of likely N-dealkylation sites (tertiary alicyclic amines) is 1. The van der Waals surface area contributed by atoms with Gasteiger partial charge < -0.3 is 29.2 Å². The molecular formula is C33H38N2O6. The van der Waals surface area contributed by atoms with Crippen LogP contribution >= 0.6 is 0 Å². The molecule has 6 atom stereocenters. The minimum atomic E-state index is -0.658. The number of benzene rings is 3. The molecule has 2 aliphatic heterocycles. The van der Waals surface area contributed by atoms with Crippen molar-refractivity contribution in [2.45, 2.75) is 69.7 Å². The van der Waals surface area contributed by atoms with E-state index in [2.05, 4.69) is 5.32 Å². The number of nitrogens with one attached hydrogen (secondary N) is 1. The molecule has 3 aromatic carbocycles. The van der Waals surface area contributed by atoms with Crippen LogP contribution in [-0.2, 0) is 48.4 Å². The Morgan fingerprint density at radius 1 is 0.805 bits per heavy atom. The van der Waals surface area contributed by atoms with E-state index in [-0.39, 0.29) is 18.4 Å². The quantitative estimate of drug-likeness (QED) is 0.385. The van der Waals surface area contributed by atoms with E-state index in [1.807, 2.05) is 91.0 Å². The Hall–Kier alpha value is -3.56. The minimum Gasteiger partial charge on any atom is -0.374 e. The Labute approximate surface area is 241 Å². The van der Waals surface area contributed by atoms with Crippen molar-refractivity contribution in [3.8, 4) is 0 Å². The molecule has 41 heavy (non-hydrogen) atoms. The van der Waals surface area contributed by atoms with Crippen molar-refractivity contribution in [1.82, 2.24) is 10.2 Å². The van der Waals surface area contributed by atoms with Gasteiger partial charge in [-0.1, -0.05) is 91.0 Å². The minimum absolute atomic E-state index is 0.205. The lowest BCUT2D eigenvalue weighted by Gasteiger charge is -2.46. The molecule has 0 radical (unpaired) electrons. The highest BCUT2D eigenvalue weighted by atomic mass is 16.6. The van der Waals surface area contributed by atoms with Crippen LogP contribution in [0.15, 0.2) is 91.0 Å². The summed E-state index contributed by atoms with van der Waals surface area (Å²) in [5.74, 6) is -0.428. The predicted molar refractivity (Wildman–Crippen MR) is 154 cm³/mol. The monoisotopic (exact) mass is 558 g/mol. The smallest absolute Gasteiger partial charge is 0.242 e. The van der Waals surface area contributed by atoms with Gasteiger partial charge in [0.2, 0.25) is 11.8 Å². The molecule has 3 aromatic rings. The zero-order chi connectivity index (χ0) is 28.6. The van der Waals surface area contributed by atoms with Crippen LogP contribution in [-0.4, -0.2) is 66.9 Å². The highest BCUT2D eigenvalue weighted by Gasteiger charge is 2.57. The maximum absolute atomic E-state index is 13.0. The molecule has 2 heterocycles. The SMILES string of the molecule is CNC(=O)[C@@H]1C[C@H]2O[C@H](COCc3ccccc3)[C@@H](OCc3ccccc3)[C@H](OCc3ccccc3)[C@H]2N1C(C)=O. The van der Waals surface area contributed by atoms with Crippen LogP contribution in [0.5, 0.6) is 0 Å². The van der Waals surface area contributed by atoms with Crippen LogP contribution in [0.4, 0.5) is 0 Å². The Morgan fingerprint density at radius 3 is 1.83 bits per heavy atom. The summed E-state index contributed by atoms with van der Waals surface area (Å²) in [6.45, 7) is 2.85. The van der Waals surface area contributed by atoms with Crippen molar-refractivity contribution >= 4 is 11.8 Å². The Balaban J connectivity index is 1.44. The zero-order valence-electron chi connectivity index (χ0n) is 23.6. The van der Waals surface area contributed by atoms with Gasteiger partial charge in [0.25, 0.3) is 0 Å². The third kappa shape index (κ3) is 7.02. The second kappa shape index (κ2) is 13.9. The van der Waals surface area contributed by atoms with Gasteiger partial charge in [-0.3, -0.25) is 9.59 Å². The summed E-state index contributed by atoms with van der Waals surface area (Å²) >= 11 is 0. The molecule has 2 saturated heterocycles. The van der Waals surface area contributed by atoms with Crippen LogP contribution in [0.25, 0.3) is 0 Å². The first kappa shape index (κ1) is 29.0. The molecule has 2 fully saturated rings. The first-order valence-electron chi connectivity index (χ1n) is 14.1. The molecular weight excluding hydrogens is 520 g/mol. The molecule has 0 unspecified atom stereocenters. The Kier molecular flexibility index (Phi) is 9.80. The van der Waals surface area contributed by atoms with Gasteiger partial charge in [-0.2, -0.15) is 0 Å². The number of hydrogen-bond acceptors (Lipinski definition) is 6. The molecule has 2 aliphatic rings. The van der Waals surface area contributed by atoms with Gasteiger partial charge in [-0.05, 0) is 16.7 Å². The normalized spacial score (nSPS) is 25.5. The molecule has 216 valence electrons. The number of carbonyl (C=O) groups is 2. The number of carbonyl (C=O) groups excluding carboxylic acids is 2. The summed E-state index contributed by atoms with van der Waals surface area (Å²) < 4.78 is 26.0. The fourth-order valence-corrected chi connectivity index (χ4v) is 5.83. The second-order valence-corrected chi connectivity index (χ2v) is 10.5. The predicted octanol–water partition coefficient (Wildman–Crippen LogP) is 3.88. The molecule has 8 heteroatoms. The molecule has 0 aromatic heterocycles. The Bertz CT molecular complexity index is 1260. The molecule has 0 saturated carbocycles. The van der Waals surface area contributed by atoms with Crippen molar-refractivity contribution < 1.29 is 28.5 Å². The van der Waals surface area contributed by atoms with Gasteiger partial charge in [0.1, 0.15) is 24.4 Å². The number of rotatable bonds is 11. The van der Waals surface area contributed by atoms with Crippen molar-refractivity contribution in [3.05, 3.63) is 108 Å². The lowest BCUT2D eigenvalue weighted by molar-refractivity contribution is -0.235. The van der Waals surface area contributed by atoms with Gasteiger partial charge in [0.15, 0.2) is 0 Å². The van der Waals surface area contributed by atoms with Crippen molar-refractivity contribution in [1.29, 1.82) is 0 Å². The van der Waals surface area contributed by atoms with Crippen LogP contribution in [0.3, 0.4) is 0 Å². The van der Waals surface area contributed by atoms with E-state index < -0.39 is 36.5 Å². The van der Waals surface area contributed by atoms with E-state index in [9.17, 15) is 9.59 Å². The molecule has 1 N–H and O–H groups in total. The third-order valence-electron chi connectivity index (χ3n) is 7.75. The fraction of sp³-hybridized carbons (Fsp3) is 0.394. The van der Waals surface area contributed by atoms with Crippen LogP contribution < -0.4 is 5.32 Å². The first-order valence-corrected chi connectivity index (χ1v) is 14.1. The highest BCUT2D eigenvalue weighted by Crippen LogP contribution is 2.39. The lowest BCUT2D eigenvalue weighted by Crippen LogP contribution is -2.63. The summed E-state index contributed by atoms with van der Waals surface area (Å²) in [6.07, 6.45) is -1.62. The van der Waals surface area contributed by atoms with Crippen LogP contribution in [0, 0.1) is 0 Å². The summed E-state index contributed by atoms with van der Waals surface area (Å²) in [7, 11) is 1.58. The fourth-order valence-electron chi connectivity index (χ4n) is 5.83. The molecule has 0 aliphatic carbocycles. The largest absolute Gasteiger partial charge is 0.374 e. The zero-order valence-corrected chi connectivity index (χ0v) is 23.6. The van der Waals surface area contributed by atoms with Crippen molar-refractivity contribution in [3.63, 3.8) is 0 Å². The molecule has 0 spiro atoms. The number of ether oxygens (including phenoxy) is 4. The van der Waals surface area contributed by atoms with E-state index in [1.54, 1.807) is 11.9 Å². The topological polar surface area (TPSA) is 86.3 Å². The van der Waals surface area contributed by atoms with Gasteiger partial charge in [0, 0.05) is 20.4 Å². The summed E-state index contributed by atoms with van der Waals surface area (Å²) in [5.41, 5.74) is 3.08. The number of fused-ring (bicyclic) bond motifs is 1. The van der Waals surface area contributed by atoms with E-state index in [0.29, 0.717) is 26.2 Å². The summed E-state index contributed by atoms with van der Waals surface area (Å²) in [6, 6.07) is 28.6. The Morgan fingerprint density at radius 2 is 1.32 bits per heavy atom. The van der Waals surface area contributed by atoms with E-state index >= 15 is 0 Å². The van der Waals surface area contributed by atoms with Gasteiger partial charge in [-0.25, -0.2) is 0 Å². The number of likely N-dealkylation sites (N-methyl/N-ethyl adjacent to an activating group) is 1. The van der Waals surface area contributed by atoms with Crippen molar-refractivity contribution in [2.24, 2.45) is 0 Å². The van der Waals surface area contributed by atoms with Crippen LogP contribution in [0.2, 0.25) is 0 Å². The maximum Gasteiger partial charge on any atom is 0.242 e. The summed E-state index contributed by atoms with van der Waals surface area (Å²) in [5, 5.41) is 2.71. The average Bonchev–Trinajstić information content (AvgIpc) is 3.40. The number of nitrogens with zero attached hydrogens (tertiary/aromatic N) is 1. The highest BCUT2D eigenvalue weighted by molar-refractivity contribution is 5.87. The lowest BCUT2D eigenvalue weighted by atomic mass is 9.92. The van der Waals surface area contributed by atoms with Crippen molar-refractivity contribution in [2.75, 3.05) is 13.7 Å². The van der Waals surface area contributed by atoms with Gasteiger partial charge in [0.05, 0.1) is 38.6 Å². The standard InChI is InChI=1S/C33H38N2O6/c1-23(36)35-27(33(37)34-2)18-28-30(35)32(40-21-26-16-10-5-11-17-26)31(39-20-25-14-8-4-9-15-25)29(41-28)22-38-19-24-12-6-3-7-13-24/h3-17,27-32H,18-22H2,1-2H3,(H,34,37)/t27-,28+,29+,30-,31+,32+/m0/s1. The molecule has 2 amide bonds. The molecule has 5 rings (SSSR count). The second-order valence-electron chi connectivity index (χ2n) is 10.5. The average molecular weight is 559 g/mol. The first-order chi connectivity index (χ1) is 20.0. The third-order valence-corrected chi connectivity index (χ3v) is 7.75. The number of hydrogen-bond donors (Lipinski definition) is 1. The molecule has 8 nitrogen and oxygen atoms in total. The number of amides is 2.